The molecule has 0 unspecified atom stereocenters. The molecule has 0 saturated heterocycles. The first kappa shape index (κ1) is 22.2. The van der Waals surface area contributed by atoms with Crippen LogP contribution in [0.15, 0.2) is 24.3 Å². The maximum Gasteiger partial charge on any atom is 0.342 e. The van der Waals surface area contributed by atoms with E-state index in [4.69, 9.17) is 18.9 Å². The van der Waals surface area contributed by atoms with E-state index in [1.165, 1.54) is 31.6 Å². The van der Waals surface area contributed by atoms with E-state index in [0.29, 0.717) is 17.2 Å². The standard InChI is InChI=1S/C20H23NO7S/c1-5-12-10-14(20(24)27-6-2)18(29-12)21-16(22)11-28-19(23)13-8-7-9-15(25-3)17(13)26-4/h7-10H,5-6,11H2,1-4H3,(H,21,22). The minimum Gasteiger partial charge on any atom is -0.493 e. The Morgan fingerprint density at radius 1 is 1.00 bits per heavy atom. The molecule has 2 rings (SSSR count). The quantitative estimate of drug-likeness (QED) is 0.620. The monoisotopic (exact) mass is 421 g/mol. The van der Waals surface area contributed by atoms with Gasteiger partial charge in [0.05, 0.1) is 26.4 Å². The number of benzene rings is 1. The number of methoxy groups -OCH3 is 2. The van der Waals surface area contributed by atoms with Gasteiger partial charge in [0.25, 0.3) is 5.91 Å². The van der Waals surface area contributed by atoms with Crippen LogP contribution in [0.5, 0.6) is 11.5 Å². The highest BCUT2D eigenvalue weighted by molar-refractivity contribution is 7.16. The van der Waals surface area contributed by atoms with Crippen molar-refractivity contribution in [2.75, 3.05) is 32.8 Å². The molecule has 2 aromatic rings. The van der Waals surface area contributed by atoms with E-state index in [2.05, 4.69) is 5.32 Å². The van der Waals surface area contributed by atoms with Gasteiger partial charge in [-0.05, 0) is 31.5 Å². The lowest BCUT2D eigenvalue weighted by molar-refractivity contribution is -0.119. The lowest BCUT2D eigenvalue weighted by Gasteiger charge is -2.12. The third-order valence-electron chi connectivity index (χ3n) is 3.84. The third kappa shape index (κ3) is 5.47. The molecule has 1 aromatic carbocycles. The Labute approximate surface area is 172 Å². The zero-order valence-corrected chi connectivity index (χ0v) is 17.5. The van der Waals surface area contributed by atoms with Gasteiger partial charge in [-0.2, -0.15) is 0 Å². The second kappa shape index (κ2) is 10.5. The zero-order valence-electron chi connectivity index (χ0n) is 16.7. The molecule has 1 amide bonds. The second-order valence-electron chi connectivity index (χ2n) is 5.69. The number of amides is 1. The minimum atomic E-state index is -0.734. The number of rotatable bonds is 9. The summed E-state index contributed by atoms with van der Waals surface area (Å²) in [5, 5.41) is 2.97. The van der Waals surface area contributed by atoms with Crippen LogP contribution in [0.4, 0.5) is 5.00 Å². The third-order valence-corrected chi connectivity index (χ3v) is 5.03. The minimum absolute atomic E-state index is 0.135. The largest absolute Gasteiger partial charge is 0.493 e. The van der Waals surface area contributed by atoms with Crippen LogP contribution >= 0.6 is 11.3 Å². The second-order valence-corrected chi connectivity index (χ2v) is 6.83. The summed E-state index contributed by atoms with van der Waals surface area (Å²) < 4.78 is 20.4. The van der Waals surface area contributed by atoms with Gasteiger partial charge in [-0.25, -0.2) is 9.59 Å². The van der Waals surface area contributed by atoms with Crippen molar-refractivity contribution in [3.63, 3.8) is 0 Å². The Morgan fingerprint density at radius 2 is 1.72 bits per heavy atom. The van der Waals surface area contributed by atoms with E-state index >= 15 is 0 Å². The van der Waals surface area contributed by atoms with E-state index in [1.54, 1.807) is 25.1 Å². The van der Waals surface area contributed by atoms with Gasteiger partial charge in [0.2, 0.25) is 0 Å². The maximum absolute atomic E-state index is 12.4. The summed E-state index contributed by atoms with van der Waals surface area (Å²) in [7, 11) is 2.85. The van der Waals surface area contributed by atoms with Crippen molar-refractivity contribution in [2.24, 2.45) is 0 Å². The summed E-state index contributed by atoms with van der Waals surface area (Å²) in [6, 6.07) is 6.45. The molecule has 156 valence electrons. The molecule has 0 spiro atoms. The number of ether oxygens (including phenoxy) is 4. The van der Waals surface area contributed by atoms with Crippen molar-refractivity contribution in [1.29, 1.82) is 0 Å². The molecule has 0 atom stereocenters. The Bertz CT molecular complexity index is 891. The number of para-hydroxylation sites is 1. The van der Waals surface area contributed by atoms with Gasteiger partial charge in [-0.3, -0.25) is 4.79 Å². The van der Waals surface area contributed by atoms with Crippen LogP contribution in [-0.2, 0) is 20.7 Å². The van der Waals surface area contributed by atoms with Gasteiger partial charge in [0.1, 0.15) is 10.6 Å². The van der Waals surface area contributed by atoms with Crippen molar-refractivity contribution in [1.82, 2.24) is 0 Å². The number of thiophene rings is 1. The Balaban J connectivity index is 2.06. The molecule has 1 N–H and O–H groups in total. The van der Waals surface area contributed by atoms with Crippen LogP contribution in [0.3, 0.4) is 0 Å². The molecule has 0 aliphatic carbocycles. The van der Waals surface area contributed by atoms with E-state index in [-0.39, 0.29) is 23.5 Å². The molecule has 0 radical (unpaired) electrons. The first-order valence-electron chi connectivity index (χ1n) is 8.92. The number of hydrogen-bond acceptors (Lipinski definition) is 8. The van der Waals surface area contributed by atoms with Crippen LogP contribution in [0.2, 0.25) is 0 Å². The Morgan fingerprint density at radius 3 is 2.34 bits per heavy atom. The molecule has 8 nitrogen and oxygen atoms in total. The van der Waals surface area contributed by atoms with E-state index < -0.39 is 24.5 Å². The van der Waals surface area contributed by atoms with Crippen LogP contribution < -0.4 is 14.8 Å². The highest BCUT2D eigenvalue weighted by atomic mass is 32.1. The fourth-order valence-electron chi connectivity index (χ4n) is 2.49. The fraction of sp³-hybridized carbons (Fsp3) is 0.350. The normalized spacial score (nSPS) is 10.2. The predicted octanol–water partition coefficient (Wildman–Crippen LogP) is 3.30. The lowest BCUT2D eigenvalue weighted by atomic mass is 10.2. The molecular weight excluding hydrogens is 398 g/mol. The maximum atomic E-state index is 12.4. The molecule has 0 aliphatic rings. The zero-order chi connectivity index (χ0) is 21.4. The number of carbonyl (C=O) groups excluding carboxylic acids is 3. The fourth-order valence-corrected chi connectivity index (χ4v) is 3.49. The topological polar surface area (TPSA) is 100 Å². The molecular formula is C20H23NO7S. The Kier molecular flexibility index (Phi) is 8.02. The van der Waals surface area contributed by atoms with E-state index in [9.17, 15) is 14.4 Å². The molecule has 9 heteroatoms. The number of aryl methyl sites for hydroxylation is 1. The number of nitrogens with one attached hydrogen (secondary N) is 1. The first-order chi connectivity index (χ1) is 13.9. The predicted molar refractivity (Wildman–Crippen MR) is 108 cm³/mol. The molecule has 1 aromatic heterocycles. The van der Waals surface area contributed by atoms with Crippen molar-refractivity contribution >= 4 is 34.2 Å². The smallest absolute Gasteiger partial charge is 0.342 e. The summed E-state index contributed by atoms with van der Waals surface area (Å²) >= 11 is 1.27. The number of hydrogen-bond donors (Lipinski definition) is 1. The summed E-state index contributed by atoms with van der Waals surface area (Å²) in [5.74, 6) is -1.24. The van der Waals surface area contributed by atoms with Crippen molar-refractivity contribution in [2.45, 2.75) is 20.3 Å². The SMILES string of the molecule is CCOC(=O)c1cc(CC)sc1NC(=O)COC(=O)c1cccc(OC)c1OC. The molecule has 1 heterocycles. The summed E-state index contributed by atoms with van der Waals surface area (Å²) in [5.41, 5.74) is 0.416. The summed E-state index contributed by atoms with van der Waals surface area (Å²) in [6.45, 7) is 3.34. The van der Waals surface area contributed by atoms with Crippen molar-refractivity contribution in [3.05, 3.63) is 40.3 Å². The number of carbonyl (C=O) groups is 3. The molecule has 0 aliphatic heterocycles. The van der Waals surface area contributed by atoms with E-state index in [0.717, 1.165) is 4.88 Å². The highest BCUT2D eigenvalue weighted by Gasteiger charge is 2.21. The van der Waals surface area contributed by atoms with Gasteiger partial charge in [0.15, 0.2) is 18.1 Å². The van der Waals surface area contributed by atoms with Gasteiger partial charge in [0, 0.05) is 4.88 Å². The van der Waals surface area contributed by atoms with Crippen molar-refractivity contribution in [3.8, 4) is 11.5 Å². The van der Waals surface area contributed by atoms with Gasteiger partial charge >= 0.3 is 11.9 Å². The van der Waals surface area contributed by atoms with Crippen LogP contribution in [0, 0.1) is 0 Å². The Hall–Kier alpha value is -3.07. The number of esters is 2. The average molecular weight is 421 g/mol. The average Bonchev–Trinajstić information content (AvgIpc) is 3.14. The highest BCUT2D eigenvalue weighted by Crippen LogP contribution is 2.31. The van der Waals surface area contributed by atoms with E-state index in [1.807, 2.05) is 6.92 Å². The van der Waals surface area contributed by atoms with Crippen molar-refractivity contribution < 1.29 is 33.3 Å². The lowest BCUT2D eigenvalue weighted by Crippen LogP contribution is -2.22. The van der Waals surface area contributed by atoms with Crippen LogP contribution in [0.25, 0.3) is 0 Å². The number of anilines is 1. The molecule has 29 heavy (non-hydrogen) atoms. The van der Waals surface area contributed by atoms with Crippen LogP contribution in [0.1, 0.15) is 39.4 Å². The summed E-state index contributed by atoms with van der Waals surface area (Å²) in [6.07, 6.45) is 0.706. The van der Waals surface area contributed by atoms with Gasteiger partial charge in [-0.15, -0.1) is 11.3 Å². The van der Waals surface area contributed by atoms with Gasteiger partial charge in [-0.1, -0.05) is 13.0 Å². The summed E-state index contributed by atoms with van der Waals surface area (Å²) in [4.78, 5) is 37.6. The molecule has 0 saturated carbocycles. The first-order valence-corrected chi connectivity index (χ1v) is 9.74. The van der Waals surface area contributed by atoms with Crippen LogP contribution in [-0.4, -0.2) is 45.3 Å². The molecule has 0 bridgehead atoms. The molecule has 0 fully saturated rings. The van der Waals surface area contributed by atoms with Gasteiger partial charge < -0.3 is 24.3 Å².